The third kappa shape index (κ3) is 4.74. The van der Waals surface area contributed by atoms with Gasteiger partial charge in [0, 0.05) is 23.1 Å². The number of allylic oxidation sites excluding steroid dienone is 5. The molecular formula is C25H31FN2OS. The molecular weight excluding hydrogens is 395 g/mol. The van der Waals surface area contributed by atoms with Crippen LogP contribution in [0.5, 0.6) is 0 Å². The van der Waals surface area contributed by atoms with E-state index in [4.69, 9.17) is 0 Å². The fraction of sp³-hybridized carbons (Fsp3) is 0.440. The quantitative estimate of drug-likeness (QED) is 0.407. The molecule has 1 saturated heterocycles. The van der Waals surface area contributed by atoms with Gasteiger partial charge in [-0.3, -0.25) is 4.72 Å². The van der Waals surface area contributed by atoms with Crippen molar-refractivity contribution in [2.45, 2.75) is 56.0 Å². The number of nitrogens with one attached hydrogen (secondary N) is 1. The van der Waals surface area contributed by atoms with Gasteiger partial charge in [-0.05, 0) is 74.4 Å². The van der Waals surface area contributed by atoms with Gasteiger partial charge in [0.15, 0.2) is 0 Å². The van der Waals surface area contributed by atoms with E-state index in [9.17, 15) is 9.50 Å². The van der Waals surface area contributed by atoms with Crippen molar-refractivity contribution < 1.29 is 9.50 Å². The predicted octanol–water partition coefficient (Wildman–Crippen LogP) is 5.45. The summed E-state index contributed by atoms with van der Waals surface area (Å²) in [5, 5.41) is 10.2. The molecule has 2 N–H and O–H groups in total. The number of hydrogen-bond acceptors (Lipinski definition) is 4. The number of likely N-dealkylation sites (tertiary alicyclic amines) is 1. The SMILES string of the molecule is Cc1ccc(SNCCCC[C@H](CO)N2C3=CCCC=C3C3C=C(F)C=CC32)cc1. The Labute approximate surface area is 183 Å². The van der Waals surface area contributed by atoms with Crippen LogP contribution in [-0.2, 0) is 0 Å². The molecule has 0 spiro atoms. The van der Waals surface area contributed by atoms with Gasteiger partial charge < -0.3 is 10.0 Å². The van der Waals surface area contributed by atoms with Crippen LogP contribution >= 0.6 is 11.9 Å². The minimum Gasteiger partial charge on any atom is -0.394 e. The average Bonchev–Trinajstić information content (AvgIpc) is 3.08. The molecule has 3 aliphatic rings. The summed E-state index contributed by atoms with van der Waals surface area (Å²) < 4.78 is 17.3. The highest BCUT2D eigenvalue weighted by Crippen LogP contribution is 2.45. The molecule has 30 heavy (non-hydrogen) atoms. The number of aliphatic hydroxyl groups is 1. The molecule has 0 saturated carbocycles. The van der Waals surface area contributed by atoms with Crippen LogP contribution in [0.2, 0.25) is 0 Å². The van der Waals surface area contributed by atoms with Crippen LogP contribution in [0, 0.1) is 12.8 Å². The first kappa shape index (κ1) is 21.4. The molecule has 0 radical (unpaired) electrons. The molecule has 0 amide bonds. The lowest BCUT2D eigenvalue weighted by Crippen LogP contribution is -2.41. The molecule has 0 bridgehead atoms. The summed E-state index contributed by atoms with van der Waals surface area (Å²) in [7, 11) is 0. The predicted molar refractivity (Wildman–Crippen MR) is 123 cm³/mol. The van der Waals surface area contributed by atoms with Crippen molar-refractivity contribution in [3.63, 3.8) is 0 Å². The highest BCUT2D eigenvalue weighted by atomic mass is 32.2. The van der Waals surface area contributed by atoms with Gasteiger partial charge in [-0.25, -0.2) is 4.39 Å². The van der Waals surface area contributed by atoms with Gasteiger partial charge in [0.05, 0.1) is 18.7 Å². The van der Waals surface area contributed by atoms with Crippen molar-refractivity contribution in [2.75, 3.05) is 13.2 Å². The first-order valence-electron chi connectivity index (χ1n) is 11.0. The molecule has 1 heterocycles. The Kier molecular flexibility index (Phi) is 7.13. The molecule has 2 aliphatic carbocycles. The zero-order valence-corrected chi connectivity index (χ0v) is 18.4. The Balaban J connectivity index is 1.30. The summed E-state index contributed by atoms with van der Waals surface area (Å²) in [6.07, 6.45) is 14.9. The largest absolute Gasteiger partial charge is 0.394 e. The molecule has 5 heteroatoms. The van der Waals surface area contributed by atoms with Gasteiger partial charge in [-0.1, -0.05) is 42.3 Å². The summed E-state index contributed by atoms with van der Waals surface area (Å²) in [6.45, 7) is 3.16. The Morgan fingerprint density at radius 3 is 2.80 bits per heavy atom. The number of aryl methyl sites for hydroxylation is 1. The maximum Gasteiger partial charge on any atom is 0.119 e. The van der Waals surface area contributed by atoms with E-state index in [2.05, 4.69) is 53.0 Å². The van der Waals surface area contributed by atoms with E-state index < -0.39 is 0 Å². The molecule has 1 aromatic rings. The third-order valence-electron chi connectivity index (χ3n) is 6.16. The zero-order chi connectivity index (χ0) is 20.9. The van der Waals surface area contributed by atoms with E-state index in [-0.39, 0.29) is 30.4 Å². The lowest BCUT2D eigenvalue weighted by Gasteiger charge is -2.35. The Morgan fingerprint density at radius 2 is 2.00 bits per heavy atom. The molecule has 1 aliphatic heterocycles. The summed E-state index contributed by atoms with van der Waals surface area (Å²) in [4.78, 5) is 3.58. The van der Waals surface area contributed by atoms with E-state index in [0.29, 0.717) is 0 Å². The summed E-state index contributed by atoms with van der Waals surface area (Å²) in [6, 6.07) is 8.71. The summed E-state index contributed by atoms with van der Waals surface area (Å²) in [5.41, 5.74) is 3.72. The Hall–Kier alpha value is -1.82. The van der Waals surface area contributed by atoms with Crippen LogP contribution < -0.4 is 4.72 Å². The minimum atomic E-state index is -0.151. The van der Waals surface area contributed by atoms with Crippen LogP contribution in [0.25, 0.3) is 0 Å². The molecule has 160 valence electrons. The lowest BCUT2D eigenvalue weighted by atomic mass is 9.88. The van der Waals surface area contributed by atoms with Crippen LogP contribution in [0.4, 0.5) is 4.39 Å². The van der Waals surface area contributed by atoms with Crippen molar-refractivity contribution in [2.24, 2.45) is 5.92 Å². The number of hydrogen-bond donors (Lipinski definition) is 2. The van der Waals surface area contributed by atoms with Gasteiger partial charge in [-0.15, -0.1) is 0 Å². The van der Waals surface area contributed by atoms with Crippen LogP contribution in [0.15, 0.2) is 76.6 Å². The number of nitrogens with zero attached hydrogens (tertiary/aromatic N) is 1. The minimum absolute atomic E-state index is 0.0664. The molecule has 2 unspecified atom stereocenters. The fourth-order valence-electron chi connectivity index (χ4n) is 4.65. The highest BCUT2D eigenvalue weighted by molar-refractivity contribution is 7.97. The van der Waals surface area contributed by atoms with Gasteiger partial charge in [-0.2, -0.15) is 0 Å². The highest BCUT2D eigenvalue weighted by Gasteiger charge is 2.43. The number of fused-ring (bicyclic) bond motifs is 3. The number of unbranched alkanes of at least 4 members (excludes halogenated alkanes) is 1. The standard InChI is InChI=1S/C25H31FN2OS/c1-18-9-12-21(13-10-18)30-27-15-5-4-6-20(17-29)28-24-8-3-2-7-22(24)23-16-19(26)11-14-25(23)28/h7-14,16,20,23,25,27,29H,2-6,15,17H2,1H3/t20-,23?,25?/m1/s1. The first-order valence-corrected chi connectivity index (χ1v) is 11.8. The van der Waals surface area contributed by atoms with Gasteiger partial charge in [0.1, 0.15) is 5.83 Å². The van der Waals surface area contributed by atoms with Crippen molar-refractivity contribution in [1.29, 1.82) is 0 Å². The maximum absolute atomic E-state index is 13.9. The molecule has 4 rings (SSSR count). The first-order chi connectivity index (χ1) is 14.7. The molecule has 1 fully saturated rings. The van der Waals surface area contributed by atoms with Crippen molar-refractivity contribution in [3.8, 4) is 0 Å². The van der Waals surface area contributed by atoms with Crippen LogP contribution in [0.1, 0.15) is 37.7 Å². The maximum atomic E-state index is 13.9. The van der Waals surface area contributed by atoms with Crippen molar-refractivity contribution in [3.05, 3.63) is 77.3 Å². The van der Waals surface area contributed by atoms with Gasteiger partial charge in [0.2, 0.25) is 0 Å². The topological polar surface area (TPSA) is 35.5 Å². The molecule has 3 atom stereocenters. The molecule has 0 aromatic heterocycles. The third-order valence-corrected chi connectivity index (χ3v) is 7.02. The normalized spacial score (nSPS) is 23.4. The number of rotatable bonds is 9. The van der Waals surface area contributed by atoms with Crippen molar-refractivity contribution in [1.82, 2.24) is 9.62 Å². The second kappa shape index (κ2) is 9.99. The molecule has 1 aromatic carbocycles. The van der Waals surface area contributed by atoms with E-state index in [0.717, 1.165) is 38.6 Å². The van der Waals surface area contributed by atoms with Gasteiger partial charge >= 0.3 is 0 Å². The fourth-order valence-corrected chi connectivity index (χ4v) is 5.34. The monoisotopic (exact) mass is 426 g/mol. The number of benzene rings is 1. The Bertz CT molecular complexity index is 858. The summed E-state index contributed by atoms with van der Waals surface area (Å²) in [5.74, 6) is -0.0789. The smallest absolute Gasteiger partial charge is 0.119 e. The van der Waals surface area contributed by atoms with E-state index in [1.807, 2.05) is 6.08 Å². The van der Waals surface area contributed by atoms with Crippen LogP contribution in [-0.4, -0.2) is 35.2 Å². The second-order valence-electron chi connectivity index (χ2n) is 8.30. The zero-order valence-electron chi connectivity index (χ0n) is 17.6. The van der Waals surface area contributed by atoms with Crippen LogP contribution in [0.3, 0.4) is 0 Å². The van der Waals surface area contributed by atoms with Gasteiger partial charge in [0.25, 0.3) is 0 Å². The van der Waals surface area contributed by atoms with E-state index >= 15 is 0 Å². The molecule has 3 nitrogen and oxygen atoms in total. The average molecular weight is 427 g/mol. The summed E-state index contributed by atoms with van der Waals surface area (Å²) >= 11 is 1.67. The Morgan fingerprint density at radius 1 is 1.20 bits per heavy atom. The van der Waals surface area contributed by atoms with E-state index in [1.54, 1.807) is 24.1 Å². The van der Waals surface area contributed by atoms with Crippen molar-refractivity contribution >= 4 is 11.9 Å². The van der Waals surface area contributed by atoms with E-state index in [1.165, 1.54) is 21.7 Å². The second-order valence-corrected chi connectivity index (χ2v) is 9.27. The number of halogens is 1. The lowest BCUT2D eigenvalue weighted by molar-refractivity contribution is 0.133. The number of aliphatic hydroxyl groups excluding tert-OH is 1.